The molecule has 1 aliphatic carbocycles. The lowest BCUT2D eigenvalue weighted by Gasteiger charge is -2.32. The zero-order valence-electron chi connectivity index (χ0n) is 21.0. The molecule has 0 spiro atoms. The number of carbonyl (C=O) groups excluding carboxylic acids is 1. The first-order valence-corrected chi connectivity index (χ1v) is 13.2. The maximum Gasteiger partial charge on any atom is 0.270 e. The molecule has 2 saturated heterocycles. The summed E-state index contributed by atoms with van der Waals surface area (Å²) in [6.45, 7) is 9.35. The molecule has 3 heterocycles. The number of likely N-dealkylation sites (tertiary alicyclic amines) is 1. The number of amides is 1. The van der Waals surface area contributed by atoms with Gasteiger partial charge in [0.05, 0.1) is 0 Å². The van der Waals surface area contributed by atoms with Crippen LogP contribution < -0.4 is 15.5 Å². The number of hydrogen-bond donors (Lipinski definition) is 3. The second-order valence-electron chi connectivity index (χ2n) is 9.44. The highest BCUT2D eigenvalue weighted by Crippen LogP contribution is 2.30. The van der Waals surface area contributed by atoms with Crippen LogP contribution in [0.3, 0.4) is 0 Å². The van der Waals surface area contributed by atoms with Crippen molar-refractivity contribution in [3.8, 4) is 0 Å². The van der Waals surface area contributed by atoms with Crippen LogP contribution in [0.4, 0.5) is 11.6 Å². The molecule has 0 unspecified atom stereocenters. The van der Waals surface area contributed by atoms with Crippen molar-refractivity contribution < 1.29 is 4.79 Å². The van der Waals surface area contributed by atoms with E-state index in [1.165, 1.54) is 51.5 Å². The molecule has 3 aliphatic rings. The van der Waals surface area contributed by atoms with Gasteiger partial charge in [-0.25, -0.2) is 4.98 Å². The van der Waals surface area contributed by atoms with Crippen LogP contribution in [0.2, 0.25) is 0 Å². The maximum atomic E-state index is 12.8. The van der Waals surface area contributed by atoms with E-state index in [4.69, 9.17) is 10.4 Å². The summed E-state index contributed by atoms with van der Waals surface area (Å²) in [5, 5.41) is 14.7. The van der Waals surface area contributed by atoms with Gasteiger partial charge in [-0.2, -0.15) is 0 Å². The molecule has 4 rings (SSSR count). The van der Waals surface area contributed by atoms with Crippen LogP contribution in [0.15, 0.2) is 12.1 Å². The fraction of sp³-hybridized carbons (Fsp3) is 0.731. The highest BCUT2D eigenvalue weighted by Gasteiger charge is 2.28. The Hall–Kier alpha value is -2.15. The number of nitrogens with zero attached hydrogens (tertiary/aromatic N) is 3. The molecule has 3 N–H and O–H groups in total. The van der Waals surface area contributed by atoms with Crippen molar-refractivity contribution in [1.82, 2.24) is 15.2 Å². The lowest BCUT2D eigenvalue weighted by Crippen LogP contribution is -2.47. The lowest BCUT2D eigenvalue weighted by atomic mass is 10.0. The maximum absolute atomic E-state index is 12.8. The minimum absolute atomic E-state index is 0.00326. The molecule has 1 aromatic heterocycles. The fourth-order valence-corrected chi connectivity index (χ4v) is 4.80. The van der Waals surface area contributed by atoms with E-state index in [9.17, 15) is 4.79 Å². The molecule has 0 aromatic carbocycles. The second kappa shape index (κ2) is 12.9. The van der Waals surface area contributed by atoms with Gasteiger partial charge in [-0.05, 0) is 56.6 Å². The summed E-state index contributed by atoms with van der Waals surface area (Å²) in [5.74, 6) is 2.16. The van der Waals surface area contributed by atoms with Gasteiger partial charge in [-0.3, -0.25) is 10.2 Å². The largest absolute Gasteiger partial charge is 0.373 e. The van der Waals surface area contributed by atoms with Gasteiger partial charge in [0.25, 0.3) is 5.91 Å². The zero-order chi connectivity index (χ0) is 23.6. The Bertz CT molecular complexity index is 762. The predicted octanol–water partition coefficient (Wildman–Crippen LogP) is 4.28. The van der Waals surface area contributed by atoms with Crippen LogP contribution in [0.5, 0.6) is 0 Å². The first kappa shape index (κ1) is 25.5. The van der Waals surface area contributed by atoms with E-state index in [0.717, 1.165) is 50.8 Å². The second-order valence-corrected chi connectivity index (χ2v) is 9.44. The van der Waals surface area contributed by atoms with Crippen molar-refractivity contribution >= 4 is 23.3 Å². The van der Waals surface area contributed by atoms with Crippen molar-refractivity contribution in [1.29, 1.82) is 5.41 Å². The van der Waals surface area contributed by atoms with Crippen LogP contribution in [0.25, 0.3) is 0 Å². The number of pyridine rings is 1. The van der Waals surface area contributed by atoms with Crippen LogP contribution in [-0.4, -0.2) is 67.3 Å². The third-order valence-electron chi connectivity index (χ3n) is 6.93. The Balaban J connectivity index is 0.00000149. The third kappa shape index (κ3) is 7.42. The van der Waals surface area contributed by atoms with Crippen molar-refractivity contribution in [3.63, 3.8) is 0 Å². The number of hydrogen-bond acceptors (Lipinski definition) is 6. The number of carbonyl (C=O) groups is 1. The van der Waals surface area contributed by atoms with Crippen molar-refractivity contribution in [3.05, 3.63) is 17.7 Å². The summed E-state index contributed by atoms with van der Waals surface area (Å²) >= 11 is 0. The van der Waals surface area contributed by atoms with Crippen molar-refractivity contribution in [2.45, 2.75) is 77.7 Å². The van der Waals surface area contributed by atoms with Gasteiger partial charge in [0, 0.05) is 51.4 Å². The summed E-state index contributed by atoms with van der Waals surface area (Å²) in [6, 6.07) is 4.01. The molecular formula is C26H44N6O. The summed E-state index contributed by atoms with van der Waals surface area (Å²) < 4.78 is 0. The van der Waals surface area contributed by atoms with Gasteiger partial charge >= 0.3 is 0 Å². The molecule has 184 valence electrons. The minimum atomic E-state index is -0.294. The molecule has 2 aliphatic heterocycles. The molecular weight excluding hydrogens is 412 g/mol. The van der Waals surface area contributed by atoms with Gasteiger partial charge in [-0.15, -0.1) is 0 Å². The quantitative estimate of drug-likeness (QED) is 0.534. The highest BCUT2D eigenvalue weighted by molar-refractivity contribution is 6.45. The van der Waals surface area contributed by atoms with Gasteiger partial charge in [0.15, 0.2) is 0 Å². The number of rotatable bonds is 7. The Morgan fingerprint density at radius 2 is 1.64 bits per heavy atom. The van der Waals surface area contributed by atoms with Crippen molar-refractivity contribution in [2.24, 2.45) is 5.92 Å². The molecule has 1 aromatic rings. The summed E-state index contributed by atoms with van der Waals surface area (Å²) in [6.07, 6.45) is 11.0. The van der Waals surface area contributed by atoms with E-state index in [1.807, 2.05) is 33.0 Å². The summed E-state index contributed by atoms with van der Waals surface area (Å²) in [5.41, 5.74) is 0.568. The average molecular weight is 457 g/mol. The molecule has 0 radical (unpaired) electrons. The molecule has 7 heteroatoms. The fourth-order valence-electron chi connectivity index (χ4n) is 4.80. The van der Waals surface area contributed by atoms with E-state index < -0.39 is 0 Å². The molecule has 33 heavy (non-hydrogen) atoms. The smallest absolute Gasteiger partial charge is 0.270 e. The number of aromatic nitrogens is 1. The molecule has 1 amide bonds. The number of anilines is 2. The van der Waals surface area contributed by atoms with Gasteiger partial charge < -0.3 is 20.4 Å². The molecule has 1 saturated carbocycles. The molecule has 3 fully saturated rings. The Kier molecular flexibility index (Phi) is 9.97. The van der Waals surface area contributed by atoms with E-state index >= 15 is 0 Å². The lowest BCUT2D eigenvalue weighted by molar-refractivity contribution is -0.115. The Morgan fingerprint density at radius 3 is 2.24 bits per heavy atom. The highest BCUT2D eigenvalue weighted by atomic mass is 16.1. The van der Waals surface area contributed by atoms with Crippen LogP contribution in [0.1, 0.15) is 77.2 Å². The average Bonchev–Trinajstić information content (AvgIpc) is 3.64. The van der Waals surface area contributed by atoms with Gasteiger partial charge in [0.1, 0.15) is 17.3 Å². The summed E-state index contributed by atoms with van der Waals surface area (Å²) in [7, 11) is 1.81. The van der Waals surface area contributed by atoms with Crippen LogP contribution in [0, 0.1) is 11.3 Å². The van der Waals surface area contributed by atoms with Gasteiger partial charge in [-0.1, -0.05) is 33.1 Å². The first-order valence-electron chi connectivity index (χ1n) is 13.2. The topological polar surface area (TPSA) is 84.4 Å². The van der Waals surface area contributed by atoms with Crippen LogP contribution >= 0.6 is 0 Å². The van der Waals surface area contributed by atoms with Gasteiger partial charge in [0.2, 0.25) is 0 Å². The molecule has 0 bridgehead atoms. The standard InChI is InChI=1S/C24H38N6O.C2H6/c1-26-23-20(9-10-21(28-23)30-13-5-3-2-4-6-14-30)22(25)24(31)27-19-11-15-29(16-12-19)17-18-7-8-18;1-2/h9-10,18-19,25H,2-8,11-17H2,1H3,(H,26,28)(H,27,31);1-2H3. The molecule has 7 nitrogen and oxygen atoms in total. The Morgan fingerprint density at radius 1 is 1.00 bits per heavy atom. The van der Waals surface area contributed by atoms with Crippen molar-refractivity contribution in [2.75, 3.05) is 50.0 Å². The first-order chi connectivity index (χ1) is 16.1. The minimum Gasteiger partial charge on any atom is -0.373 e. The zero-order valence-corrected chi connectivity index (χ0v) is 21.0. The normalized spacial score (nSPS) is 20.2. The summed E-state index contributed by atoms with van der Waals surface area (Å²) in [4.78, 5) is 22.4. The number of nitrogens with one attached hydrogen (secondary N) is 3. The SMILES string of the molecule is CC.CNc1nc(N2CCCCCCC2)ccc1C(=N)C(=O)NC1CCN(CC2CC2)CC1. The van der Waals surface area contributed by atoms with Crippen LogP contribution in [-0.2, 0) is 4.79 Å². The van der Waals surface area contributed by atoms with E-state index in [-0.39, 0.29) is 17.7 Å². The van der Waals surface area contributed by atoms with E-state index in [0.29, 0.717) is 11.4 Å². The van der Waals surface area contributed by atoms with E-state index in [1.54, 1.807) is 0 Å². The monoisotopic (exact) mass is 456 g/mol. The van der Waals surface area contributed by atoms with E-state index in [2.05, 4.69) is 20.4 Å². The third-order valence-corrected chi connectivity index (χ3v) is 6.93. The number of piperidine rings is 1. The Labute approximate surface area is 200 Å². The molecule has 0 atom stereocenters. The predicted molar refractivity (Wildman–Crippen MR) is 138 cm³/mol.